The molecule has 0 atom stereocenters. The van der Waals surface area contributed by atoms with Gasteiger partial charge in [0.2, 0.25) is 5.69 Å². The highest BCUT2D eigenvalue weighted by atomic mass is 16.5. The van der Waals surface area contributed by atoms with E-state index in [-0.39, 0.29) is 4.86 Å². The second-order valence-electron chi connectivity index (χ2n) is 3.61. The van der Waals surface area contributed by atoms with Gasteiger partial charge in [0.25, 0.3) is 0 Å². The molecule has 16 heavy (non-hydrogen) atoms. The van der Waals surface area contributed by atoms with Gasteiger partial charge in [0.15, 0.2) is 0 Å². The van der Waals surface area contributed by atoms with Gasteiger partial charge >= 0.3 is 0 Å². The summed E-state index contributed by atoms with van der Waals surface area (Å²) in [7, 11) is 0. The van der Waals surface area contributed by atoms with Crippen molar-refractivity contribution in [2.24, 2.45) is 0 Å². The monoisotopic (exact) mass is 222 g/mol. The Kier molecular flexibility index (Phi) is 5.50. The van der Waals surface area contributed by atoms with Crippen LogP contribution >= 0.6 is 0 Å². The molecule has 0 saturated heterocycles. The van der Waals surface area contributed by atoms with Gasteiger partial charge in [-0.3, -0.25) is 0 Å². The third-order valence-corrected chi connectivity index (χ3v) is 2.38. The van der Waals surface area contributed by atoms with Crippen molar-refractivity contribution in [1.82, 2.24) is 0 Å². The third kappa shape index (κ3) is 4.40. The molecule has 0 heterocycles. The van der Waals surface area contributed by atoms with Crippen LogP contribution in [0.25, 0.3) is 0 Å². The summed E-state index contributed by atoms with van der Waals surface area (Å²) >= 11 is 0. The lowest BCUT2D eigenvalue weighted by Gasteiger charge is -2.03. The average molecular weight is 222 g/mol. The highest BCUT2D eigenvalue weighted by molar-refractivity contribution is 5.32. The number of aryl methyl sites for hydroxylation is 1. The molecule has 0 fully saturated rings. The maximum atomic E-state index is 10.7. The summed E-state index contributed by atoms with van der Waals surface area (Å²) in [6.45, 7) is 3.58. The molecule has 0 amide bonds. The van der Waals surface area contributed by atoms with Crippen LogP contribution in [0.1, 0.15) is 25.3 Å². The minimum Gasteiger partial charge on any atom is -0.594 e. The second-order valence-corrected chi connectivity index (χ2v) is 3.61. The summed E-state index contributed by atoms with van der Waals surface area (Å²) in [5, 5.41) is 10.7. The number of unbranched alkanes of at least 4 members (excludes halogenated alkanes) is 1. The zero-order valence-corrected chi connectivity index (χ0v) is 9.61. The van der Waals surface area contributed by atoms with E-state index in [1.807, 2.05) is 19.1 Å². The van der Waals surface area contributed by atoms with Crippen molar-refractivity contribution >= 4 is 5.69 Å². The lowest BCUT2D eigenvalue weighted by atomic mass is 10.1. The number of nitrogens with one attached hydrogen (secondary N) is 1. The van der Waals surface area contributed by atoms with Gasteiger partial charge < -0.3 is 9.94 Å². The first-order chi connectivity index (χ1) is 7.74. The number of nitrogens with zero attached hydrogens (tertiary/aromatic N) is 1. The first-order valence-electron chi connectivity index (χ1n) is 5.59. The van der Waals surface area contributed by atoms with E-state index in [9.17, 15) is 5.21 Å². The maximum Gasteiger partial charge on any atom is 0.244 e. The van der Waals surface area contributed by atoms with Crippen LogP contribution in [0.5, 0.6) is 0 Å². The molecule has 0 aliphatic carbocycles. The van der Waals surface area contributed by atoms with E-state index < -0.39 is 0 Å². The van der Waals surface area contributed by atoms with Crippen LogP contribution in [0.3, 0.4) is 0 Å². The molecule has 4 nitrogen and oxygen atoms in total. The van der Waals surface area contributed by atoms with Crippen LogP contribution in [-0.2, 0) is 11.2 Å². The number of hydrogen-bond donors (Lipinski definition) is 1. The van der Waals surface area contributed by atoms with Crippen molar-refractivity contribution in [1.29, 1.82) is 5.53 Å². The Morgan fingerprint density at radius 2 is 1.94 bits per heavy atom. The lowest BCUT2D eigenvalue weighted by molar-refractivity contribution is -0.465. The van der Waals surface area contributed by atoms with E-state index in [1.165, 1.54) is 5.56 Å². The number of ether oxygens (including phenoxy) is 1. The van der Waals surface area contributed by atoms with Gasteiger partial charge in [-0.25, -0.2) is 0 Å². The molecular formula is C12H18N2O2. The quantitative estimate of drug-likeness (QED) is 0.333. The average Bonchev–Trinajstić information content (AvgIpc) is 2.29. The SMILES string of the molecule is CCOCCCCc1ccc([N+](=N)[O-])cc1. The van der Waals surface area contributed by atoms with Crippen LogP contribution in [-0.4, -0.2) is 18.1 Å². The Morgan fingerprint density at radius 3 is 2.50 bits per heavy atom. The van der Waals surface area contributed by atoms with E-state index in [0.29, 0.717) is 5.69 Å². The van der Waals surface area contributed by atoms with E-state index in [4.69, 9.17) is 10.3 Å². The van der Waals surface area contributed by atoms with Gasteiger partial charge in [0.1, 0.15) is 0 Å². The Hall–Kier alpha value is -1.42. The minimum atomic E-state index is 0.124. The smallest absolute Gasteiger partial charge is 0.244 e. The van der Waals surface area contributed by atoms with Gasteiger partial charge in [-0.2, -0.15) is 0 Å². The summed E-state index contributed by atoms with van der Waals surface area (Å²) in [5.74, 6) is 0. The lowest BCUT2D eigenvalue weighted by Crippen LogP contribution is -1.95. The first kappa shape index (κ1) is 12.6. The fourth-order valence-electron chi connectivity index (χ4n) is 1.48. The Labute approximate surface area is 95.9 Å². The molecule has 0 aromatic heterocycles. The van der Waals surface area contributed by atoms with Gasteiger partial charge in [0.05, 0.1) is 0 Å². The fourth-order valence-corrected chi connectivity index (χ4v) is 1.48. The zero-order valence-electron chi connectivity index (χ0n) is 9.61. The van der Waals surface area contributed by atoms with Crippen molar-refractivity contribution in [3.63, 3.8) is 0 Å². The second kappa shape index (κ2) is 6.95. The van der Waals surface area contributed by atoms with E-state index >= 15 is 0 Å². The van der Waals surface area contributed by atoms with Crippen LogP contribution in [0, 0.1) is 10.7 Å². The van der Waals surface area contributed by atoms with Gasteiger partial charge in [-0.1, -0.05) is 17.0 Å². The molecule has 4 heteroatoms. The summed E-state index contributed by atoms with van der Waals surface area (Å²) in [5.41, 5.74) is 8.43. The largest absolute Gasteiger partial charge is 0.594 e. The zero-order chi connectivity index (χ0) is 11.8. The molecule has 1 aromatic carbocycles. The maximum absolute atomic E-state index is 10.7. The highest BCUT2D eigenvalue weighted by Gasteiger charge is 2.00. The van der Waals surface area contributed by atoms with E-state index in [2.05, 4.69) is 0 Å². The predicted octanol–water partition coefficient (Wildman–Crippen LogP) is 3.22. The van der Waals surface area contributed by atoms with E-state index in [0.717, 1.165) is 32.5 Å². The van der Waals surface area contributed by atoms with Crippen molar-refractivity contribution in [3.8, 4) is 0 Å². The molecule has 0 bridgehead atoms. The topological polar surface area (TPSA) is 59.2 Å². The van der Waals surface area contributed by atoms with Gasteiger partial charge in [-0.05, 0) is 37.3 Å². The molecule has 0 saturated carbocycles. The number of hydrogen-bond acceptors (Lipinski definition) is 3. The fraction of sp³-hybridized carbons (Fsp3) is 0.500. The van der Waals surface area contributed by atoms with Crippen molar-refractivity contribution < 1.29 is 9.60 Å². The Balaban J connectivity index is 2.29. The molecule has 0 spiro atoms. The summed E-state index contributed by atoms with van der Waals surface area (Å²) in [6, 6.07) is 7.15. The normalized spacial score (nSPS) is 10.3. The van der Waals surface area contributed by atoms with Crippen LogP contribution in [0.4, 0.5) is 5.69 Å². The third-order valence-electron chi connectivity index (χ3n) is 2.38. The molecular weight excluding hydrogens is 204 g/mol. The summed E-state index contributed by atoms with van der Waals surface area (Å²) in [4.78, 5) is 0.124. The number of benzene rings is 1. The van der Waals surface area contributed by atoms with E-state index in [1.54, 1.807) is 12.1 Å². The molecule has 0 aliphatic heterocycles. The standard InChI is InChI=1S/C12H18N2O2/c1-2-16-10-4-3-5-11-6-8-12(9-7-11)14(13)15/h6-9,13H,2-5,10H2,1H3. The van der Waals surface area contributed by atoms with Crippen molar-refractivity contribution in [3.05, 3.63) is 35.0 Å². The molecule has 0 radical (unpaired) electrons. The van der Waals surface area contributed by atoms with Crippen molar-refractivity contribution in [2.75, 3.05) is 13.2 Å². The van der Waals surface area contributed by atoms with Gasteiger partial charge in [0, 0.05) is 25.3 Å². The number of rotatable bonds is 7. The molecule has 88 valence electrons. The first-order valence-corrected chi connectivity index (χ1v) is 5.59. The molecule has 0 aliphatic rings. The Morgan fingerprint density at radius 1 is 1.25 bits per heavy atom. The summed E-state index contributed by atoms with van der Waals surface area (Å²) in [6.07, 6.45) is 3.13. The van der Waals surface area contributed by atoms with Crippen LogP contribution in [0.2, 0.25) is 0 Å². The van der Waals surface area contributed by atoms with Gasteiger partial charge in [-0.15, -0.1) is 0 Å². The van der Waals surface area contributed by atoms with Crippen LogP contribution in [0.15, 0.2) is 24.3 Å². The molecule has 1 rings (SSSR count). The Bertz CT molecular complexity index is 322. The van der Waals surface area contributed by atoms with Crippen LogP contribution < -0.4 is 0 Å². The molecule has 1 aromatic rings. The highest BCUT2D eigenvalue weighted by Crippen LogP contribution is 2.13. The molecule has 0 unspecified atom stereocenters. The summed E-state index contributed by atoms with van der Waals surface area (Å²) < 4.78 is 5.25. The predicted molar refractivity (Wildman–Crippen MR) is 61.9 cm³/mol. The minimum absolute atomic E-state index is 0.124. The molecule has 1 N–H and O–H groups in total. The van der Waals surface area contributed by atoms with Crippen molar-refractivity contribution in [2.45, 2.75) is 26.2 Å².